The smallest absolute Gasteiger partial charge is 0.346 e. The fourth-order valence-electron chi connectivity index (χ4n) is 1.07. The van der Waals surface area contributed by atoms with Gasteiger partial charge < -0.3 is 4.74 Å². The maximum absolute atomic E-state index is 11.4. The van der Waals surface area contributed by atoms with E-state index >= 15 is 0 Å². The fraction of sp³-hybridized carbons (Fsp3) is 0.375. The number of carbonyl (C=O) groups is 1. The molecule has 0 amide bonds. The molecule has 0 aliphatic carbocycles. The zero-order chi connectivity index (χ0) is 12.3. The molecule has 1 unspecified atom stereocenters. The average Bonchev–Trinajstić information content (AvgIpc) is 2.16. The molecular formula is C8H10N2O5S. The van der Waals surface area contributed by atoms with Crippen molar-refractivity contribution in [2.45, 2.75) is 11.9 Å². The summed E-state index contributed by atoms with van der Waals surface area (Å²) in [5.41, 5.74) is -2.15. The SMILES string of the molecule is CCOC(=O)c1c(S(C)=O)[nH]c(=O)[nH]c1=O. The molecule has 1 heterocycles. The average molecular weight is 246 g/mol. The molecule has 0 saturated carbocycles. The molecule has 88 valence electrons. The summed E-state index contributed by atoms with van der Waals surface area (Å²) in [6.07, 6.45) is 1.24. The van der Waals surface area contributed by atoms with Crippen LogP contribution in [-0.2, 0) is 15.5 Å². The van der Waals surface area contributed by atoms with Crippen molar-refractivity contribution in [2.75, 3.05) is 12.9 Å². The molecule has 0 radical (unpaired) electrons. The van der Waals surface area contributed by atoms with Gasteiger partial charge in [-0.3, -0.25) is 19.0 Å². The largest absolute Gasteiger partial charge is 0.462 e. The number of hydrogen-bond donors (Lipinski definition) is 2. The molecule has 0 aliphatic heterocycles. The molecule has 0 bridgehead atoms. The van der Waals surface area contributed by atoms with Gasteiger partial charge in [0.05, 0.1) is 17.4 Å². The van der Waals surface area contributed by atoms with Crippen LogP contribution in [0.5, 0.6) is 0 Å². The van der Waals surface area contributed by atoms with Crippen molar-refractivity contribution in [1.82, 2.24) is 9.97 Å². The highest BCUT2D eigenvalue weighted by Gasteiger charge is 2.20. The van der Waals surface area contributed by atoms with Gasteiger partial charge >= 0.3 is 11.7 Å². The summed E-state index contributed by atoms with van der Waals surface area (Å²) in [5.74, 6) is -0.912. The van der Waals surface area contributed by atoms with E-state index in [1.54, 1.807) is 6.92 Å². The molecule has 0 aliphatic rings. The van der Waals surface area contributed by atoms with Gasteiger partial charge in [0.2, 0.25) is 0 Å². The van der Waals surface area contributed by atoms with E-state index in [4.69, 9.17) is 0 Å². The van der Waals surface area contributed by atoms with Gasteiger partial charge in [-0.15, -0.1) is 0 Å². The summed E-state index contributed by atoms with van der Waals surface area (Å²) in [7, 11) is -1.66. The number of aromatic nitrogens is 2. The first kappa shape index (κ1) is 12.4. The minimum absolute atomic E-state index is 0.0766. The Hall–Kier alpha value is -1.70. The van der Waals surface area contributed by atoms with Crippen molar-refractivity contribution < 1.29 is 13.7 Å². The van der Waals surface area contributed by atoms with Crippen LogP contribution in [0.15, 0.2) is 14.6 Å². The first-order valence-corrected chi connectivity index (χ1v) is 5.90. The van der Waals surface area contributed by atoms with E-state index in [9.17, 15) is 18.6 Å². The Morgan fingerprint density at radius 3 is 2.50 bits per heavy atom. The molecular weight excluding hydrogens is 236 g/mol. The highest BCUT2D eigenvalue weighted by atomic mass is 32.2. The number of carbonyl (C=O) groups excluding carboxylic acids is 1. The van der Waals surface area contributed by atoms with Gasteiger partial charge in [-0.25, -0.2) is 9.59 Å². The molecule has 0 aromatic carbocycles. The minimum Gasteiger partial charge on any atom is -0.462 e. The van der Waals surface area contributed by atoms with Crippen LogP contribution in [0.25, 0.3) is 0 Å². The number of ether oxygens (including phenoxy) is 1. The maximum atomic E-state index is 11.4. The van der Waals surface area contributed by atoms with Gasteiger partial charge in [0.25, 0.3) is 5.56 Å². The summed E-state index contributed by atoms with van der Waals surface area (Å²) in [4.78, 5) is 37.7. The summed E-state index contributed by atoms with van der Waals surface area (Å²) < 4.78 is 15.9. The Kier molecular flexibility index (Phi) is 3.78. The van der Waals surface area contributed by atoms with Gasteiger partial charge in [0.15, 0.2) is 5.56 Å². The summed E-state index contributed by atoms with van der Waals surface area (Å²) in [6, 6.07) is 0. The monoisotopic (exact) mass is 246 g/mol. The van der Waals surface area contributed by atoms with Crippen molar-refractivity contribution in [1.29, 1.82) is 0 Å². The first-order chi connectivity index (χ1) is 7.47. The van der Waals surface area contributed by atoms with Crippen molar-refractivity contribution in [3.05, 3.63) is 26.4 Å². The number of esters is 1. The minimum atomic E-state index is -1.66. The van der Waals surface area contributed by atoms with Crippen LogP contribution >= 0.6 is 0 Å². The molecule has 8 heteroatoms. The third kappa shape index (κ3) is 2.45. The third-order valence-corrected chi connectivity index (χ3v) is 2.56. The fourth-order valence-corrected chi connectivity index (χ4v) is 1.77. The Balaban J connectivity index is 3.47. The molecule has 7 nitrogen and oxygen atoms in total. The number of rotatable bonds is 3. The lowest BCUT2D eigenvalue weighted by molar-refractivity contribution is 0.0518. The van der Waals surface area contributed by atoms with E-state index in [-0.39, 0.29) is 11.6 Å². The van der Waals surface area contributed by atoms with Crippen LogP contribution in [0.2, 0.25) is 0 Å². The molecule has 2 N–H and O–H groups in total. The van der Waals surface area contributed by atoms with Crippen molar-refractivity contribution >= 4 is 16.8 Å². The van der Waals surface area contributed by atoms with E-state index in [1.165, 1.54) is 6.26 Å². The normalized spacial score (nSPS) is 12.1. The zero-order valence-corrected chi connectivity index (χ0v) is 9.47. The Morgan fingerprint density at radius 2 is 2.00 bits per heavy atom. The third-order valence-electron chi connectivity index (χ3n) is 1.68. The lowest BCUT2D eigenvalue weighted by atomic mass is 10.3. The Bertz CT molecular complexity index is 544. The molecule has 1 atom stereocenters. The summed E-state index contributed by atoms with van der Waals surface area (Å²) in [5, 5.41) is -0.229. The van der Waals surface area contributed by atoms with Gasteiger partial charge in [0, 0.05) is 6.26 Å². The van der Waals surface area contributed by atoms with Gasteiger partial charge in [0.1, 0.15) is 5.03 Å². The first-order valence-electron chi connectivity index (χ1n) is 4.34. The van der Waals surface area contributed by atoms with Crippen LogP contribution in [0.4, 0.5) is 0 Å². The van der Waals surface area contributed by atoms with E-state index in [0.717, 1.165) is 0 Å². The van der Waals surface area contributed by atoms with Crippen molar-refractivity contribution in [3.63, 3.8) is 0 Å². The van der Waals surface area contributed by atoms with Gasteiger partial charge in [-0.1, -0.05) is 0 Å². The summed E-state index contributed by atoms with van der Waals surface area (Å²) in [6.45, 7) is 1.65. The van der Waals surface area contributed by atoms with E-state index in [0.29, 0.717) is 0 Å². The lowest BCUT2D eigenvalue weighted by Gasteiger charge is -2.04. The maximum Gasteiger partial charge on any atom is 0.346 e. The molecule has 0 spiro atoms. The highest BCUT2D eigenvalue weighted by Crippen LogP contribution is 2.04. The van der Waals surface area contributed by atoms with Crippen LogP contribution in [0.3, 0.4) is 0 Å². The number of hydrogen-bond acceptors (Lipinski definition) is 5. The molecule has 16 heavy (non-hydrogen) atoms. The van der Waals surface area contributed by atoms with E-state index in [2.05, 4.69) is 9.72 Å². The quantitative estimate of drug-likeness (QED) is 0.524. The second kappa shape index (κ2) is 4.88. The number of H-pyrrole nitrogens is 2. The molecule has 0 fully saturated rings. The summed E-state index contributed by atoms with van der Waals surface area (Å²) >= 11 is 0. The van der Waals surface area contributed by atoms with Crippen molar-refractivity contribution in [3.8, 4) is 0 Å². The van der Waals surface area contributed by atoms with Crippen LogP contribution in [0, 0.1) is 0 Å². The van der Waals surface area contributed by atoms with Crippen LogP contribution in [-0.4, -0.2) is 33.0 Å². The van der Waals surface area contributed by atoms with Crippen LogP contribution in [0.1, 0.15) is 17.3 Å². The standard InChI is InChI=1S/C8H10N2O5S/c1-3-15-7(12)4-5(11)9-8(13)10-6(4)16(2)14/h3H2,1-2H3,(H2,9,10,11,13). The van der Waals surface area contributed by atoms with Crippen molar-refractivity contribution in [2.24, 2.45) is 0 Å². The number of aromatic amines is 2. The number of nitrogens with one attached hydrogen (secondary N) is 2. The predicted molar refractivity (Wildman–Crippen MR) is 56.0 cm³/mol. The molecule has 0 saturated heterocycles. The lowest BCUT2D eigenvalue weighted by Crippen LogP contribution is -2.31. The Labute approximate surface area is 92.3 Å². The van der Waals surface area contributed by atoms with E-state index < -0.39 is 33.6 Å². The Morgan fingerprint density at radius 1 is 1.38 bits per heavy atom. The van der Waals surface area contributed by atoms with E-state index in [1.807, 2.05) is 4.98 Å². The second-order valence-corrected chi connectivity index (χ2v) is 4.10. The predicted octanol–water partition coefficient (Wildman–Crippen LogP) is -1.02. The molecule has 1 aromatic rings. The van der Waals surface area contributed by atoms with Gasteiger partial charge in [-0.2, -0.15) is 0 Å². The second-order valence-electron chi connectivity index (χ2n) is 2.79. The van der Waals surface area contributed by atoms with Crippen LogP contribution < -0.4 is 11.2 Å². The highest BCUT2D eigenvalue weighted by molar-refractivity contribution is 7.84. The zero-order valence-electron chi connectivity index (χ0n) is 8.66. The molecule has 1 rings (SSSR count). The topological polar surface area (TPSA) is 109 Å². The molecule has 1 aromatic heterocycles. The van der Waals surface area contributed by atoms with Gasteiger partial charge in [-0.05, 0) is 6.92 Å².